The van der Waals surface area contributed by atoms with Crippen LogP contribution in [0.2, 0.25) is 5.02 Å². The lowest BCUT2D eigenvalue weighted by molar-refractivity contribution is -0.162. The van der Waals surface area contributed by atoms with Crippen LogP contribution in [0.3, 0.4) is 0 Å². The van der Waals surface area contributed by atoms with E-state index in [4.69, 9.17) is 22.4 Å². The Bertz CT molecular complexity index is 379. The van der Waals surface area contributed by atoms with Gasteiger partial charge in [-0.25, -0.2) is 4.79 Å². The molecule has 0 radical (unpaired) electrons. The van der Waals surface area contributed by atoms with Crippen LogP contribution in [0.4, 0.5) is 0 Å². The second kappa shape index (κ2) is 4.82. The topological polar surface area (TPSA) is 83.5 Å². The Morgan fingerprint density at radius 1 is 1.50 bits per heavy atom. The molecular weight excluding hydrogens is 230 g/mol. The molecule has 0 bridgehead atoms. The van der Waals surface area contributed by atoms with E-state index in [-0.39, 0.29) is 5.56 Å². The van der Waals surface area contributed by atoms with Gasteiger partial charge >= 0.3 is 5.97 Å². The van der Waals surface area contributed by atoms with E-state index in [1.54, 1.807) is 6.92 Å². The third-order valence-electron chi connectivity index (χ3n) is 2.59. The summed E-state index contributed by atoms with van der Waals surface area (Å²) in [6, 6.07) is 5.10. The lowest BCUT2D eigenvalue weighted by Crippen LogP contribution is -2.51. The van der Waals surface area contributed by atoms with Crippen LogP contribution in [0.15, 0.2) is 24.3 Å². The van der Waals surface area contributed by atoms with Crippen molar-refractivity contribution in [3.63, 3.8) is 0 Å². The molecule has 0 fully saturated rings. The van der Waals surface area contributed by atoms with Crippen molar-refractivity contribution in [3.05, 3.63) is 34.9 Å². The number of hydrogen-bond donors (Lipinski definition) is 3. The van der Waals surface area contributed by atoms with Crippen molar-refractivity contribution < 1.29 is 15.0 Å². The molecule has 4 nitrogen and oxygen atoms in total. The smallest absolute Gasteiger partial charge is 0.342 e. The maximum atomic E-state index is 11.1. The fourth-order valence-electron chi connectivity index (χ4n) is 1.50. The lowest BCUT2D eigenvalue weighted by Gasteiger charge is -2.29. The van der Waals surface area contributed by atoms with Gasteiger partial charge in [0.05, 0.1) is 0 Å². The number of rotatable bonds is 4. The monoisotopic (exact) mass is 243 g/mol. The second-order valence-electron chi connectivity index (χ2n) is 3.59. The molecule has 1 unspecified atom stereocenters. The lowest BCUT2D eigenvalue weighted by atomic mass is 9.85. The number of carbonyl (C=O) groups is 1. The van der Waals surface area contributed by atoms with Crippen LogP contribution in [-0.2, 0) is 10.4 Å². The molecule has 5 heteroatoms. The Labute approximate surface area is 98.6 Å². The first-order chi connectivity index (χ1) is 7.42. The zero-order valence-corrected chi connectivity index (χ0v) is 9.61. The first-order valence-electron chi connectivity index (χ1n) is 4.90. The molecule has 2 atom stereocenters. The predicted molar refractivity (Wildman–Crippen MR) is 61.3 cm³/mol. The second-order valence-corrected chi connectivity index (χ2v) is 4.03. The summed E-state index contributed by atoms with van der Waals surface area (Å²) in [5, 5.41) is 19.7. The minimum absolute atomic E-state index is 0.235. The fraction of sp³-hybridized carbons (Fsp3) is 0.364. The molecule has 0 aliphatic heterocycles. The number of aliphatic carboxylic acids is 1. The summed E-state index contributed by atoms with van der Waals surface area (Å²) in [6.45, 7) is 1.72. The quantitative estimate of drug-likeness (QED) is 0.745. The number of benzene rings is 1. The van der Waals surface area contributed by atoms with Gasteiger partial charge in [-0.15, -0.1) is 0 Å². The van der Waals surface area contributed by atoms with Crippen LogP contribution >= 0.6 is 11.6 Å². The van der Waals surface area contributed by atoms with Gasteiger partial charge in [0.15, 0.2) is 0 Å². The molecule has 0 amide bonds. The van der Waals surface area contributed by atoms with Gasteiger partial charge < -0.3 is 15.9 Å². The molecule has 1 rings (SSSR count). The summed E-state index contributed by atoms with van der Waals surface area (Å²) < 4.78 is 0. The van der Waals surface area contributed by atoms with Crippen molar-refractivity contribution >= 4 is 17.6 Å². The Morgan fingerprint density at radius 2 is 2.00 bits per heavy atom. The number of hydrogen-bond acceptors (Lipinski definition) is 3. The molecule has 0 saturated heterocycles. The van der Waals surface area contributed by atoms with Crippen molar-refractivity contribution in [2.45, 2.75) is 25.0 Å². The Kier molecular flexibility index (Phi) is 3.91. The number of carboxylic acid groups (broad SMARTS) is 1. The molecule has 0 aliphatic rings. The van der Waals surface area contributed by atoms with Gasteiger partial charge in [0.2, 0.25) is 5.60 Å². The SMILES string of the molecule is CCC(N)[C@@](O)(C(=O)O)c1ccc(Cl)cc1. The number of nitrogens with two attached hydrogens (primary N) is 1. The standard InChI is InChI=1S/C11H14ClNO3/c1-2-9(13)11(16,10(14)15)7-3-5-8(12)6-4-7/h3-6,9,16H,2,13H2,1H3,(H,14,15)/t9?,11-/m1/s1. The molecular formula is C11H14ClNO3. The highest BCUT2D eigenvalue weighted by Gasteiger charge is 2.43. The Hall–Kier alpha value is -1.10. The predicted octanol–water partition coefficient (Wildman–Crippen LogP) is 1.35. The van der Waals surface area contributed by atoms with Crippen LogP contribution in [0.1, 0.15) is 18.9 Å². The summed E-state index contributed by atoms with van der Waals surface area (Å²) in [4.78, 5) is 11.1. The molecule has 1 aromatic rings. The minimum atomic E-state index is -2.07. The fourth-order valence-corrected chi connectivity index (χ4v) is 1.62. The maximum absolute atomic E-state index is 11.1. The summed E-state index contributed by atoms with van der Waals surface area (Å²) in [7, 11) is 0. The molecule has 0 spiro atoms. The van der Waals surface area contributed by atoms with Crippen molar-refractivity contribution in [1.29, 1.82) is 0 Å². The average Bonchev–Trinajstić information content (AvgIpc) is 2.27. The van der Waals surface area contributed by atoms with Crippen LogP contribution in [0.25, 0.3) is 0 Å². The first-order valence-corrected chi connectivity index (χ1v) is 5.28. The Balaban J connectivity index is 3.21. The third-order valence-corrected chi connectivity index (χ3v) is 2.84. The summed E-state index contributed by atoms with van der Waals surface area (Å²) in [6.07, 6.45) is 0.353. The van der Waals surface area contributed by atoms with Crippen LogP contribution < -0.4 is 5.73 Å². The van der Waals surface area contributed by atoms with Gasteiger partial charge in [-0.1, -0.05) is 30.7 Å². The van der Waals surface area contributed by atoms with Gasteiger partial charge in [-0.2, -0.15) is 0 Å². The van der Waals surface area contributed by atoms with Crippen molar-refractivity contribution in [2.24, 2.45) is 5.73 Å². The number of halogens is 1. The minimum Gasteiger partial charge on any atom is -0.479 e. The zero-order chi connectivity index (χ0) is 12.3. The molecule has 0 aliphatic carbocycles. The normalized spacial score (nSPS) is 16.5. The van der Waals surface area contributed by atoms with E-state index in [2.05, 4.69) is 0 Å². The summed E-state index contributed by atoms with van der Waals surface area (Å²) in [5.41, 5.74) is 3.82. The van der Waals surface area contributed by atoms with Crippen LogP contribution in [0, 0.1) is 0 Å². The van der Waals surface area contributed by atoms with Crippen LogP contribution in [-0.4, -0.2) is 22.2 Å². The van der Waals surface area contributed by atoms with E-state index in [0.717, 1.165) is 0 Å². The summed E-state index contributed by atoms with van der Waals surface area (Å²) in [5.74, 6) is -1.36. The molecule has 0 aromatic heterocycles. The molecule has 4 N–H and O–H groups in total. The number of carboxylic acids is 1. The molecule has 1 aromatic carbocycles. The van der Waals surface area contributed by atoms with Crippen molar-refractivity contribution in [2.75, 3.05) is 0 Å². The first kappa shape index (κ1) is 13.0. The third kappa shape index (κ3) is 2.19. The highest BCUT2D eigenvalue weighted by molar-refractivity contribution is 6.30. The van der Waals surface area contributed by atoms with E-state index >= 15 is 0 Å². The van der Waals surface area contributed by atoms with E-state index < -0.39 is 17.6 Å². The molecule has 0 heterocycles. The largest absolute Gasteiger partial charge is 0.479 e. The summed E-state index contributed by atoms with van der Waals surface area (Å²) >= 11 is 5.69. The van der Waals surface area contributed by atoms with Gasteiger partial charge in [-0.05, 0) is 24.1 Å². The van der Waals surface area contributed by atoms with Gasteiger partial charge in [0.25, 0.3) is 0 Å². The Morgan fingerprint density at radius 3 is 2.38 bits per heavy atom. The molecule has 88 valence electrons. The van der Waals surface area contributed by atoms with E-state index in [1.165, 1.54) is 24.3 Å². The van der Waals surface area contributed by atoms with E-state index in [0.29, 0.717) is 11.4 Å². The van der Waals surface area contributed by atoms with Gasteiger partial charge in [-0.3, -0.25) is 0 Å². The average molecular weight is 244 g/mol. The zero-order valence-electron chi connectivity index (χ0n) is 8.85. The highest BCUT2D eigenvalue weighted by Crippen LogP contribution is 2.27. The molecule has 16 heavy (non-hydrogen) atoms. The maximum Gasteiger partial charge on any atom is 0.342 e. The molecule has 0 saturated carbocycles. The van der Waals surface area contributed by atoms with Gasteiger partial charge in [0, 0.05) is 11.1 Å². The van der Waals surface area contributed by atoms with Crippen molar-refractivity contribution in [3.8, 4) is 0 Å². The van der Waals surface area contributed by atoms with Gasteiger partial charge in [0.1, 0.15) is 0 Å². The highest BCUT2D eigenvalue weighted by atomic mass is 35.5. The van der Waals surface area contributed by atoms with Crippen molar-refractivity contribution in [1.82, 2.24) is 0 Å². The van der Waals surface area contributed by atoms with E-state index in [9.17, 15) is 9.90 Å². The van der Waals surface area contributed by atoms with Crippen LogP contribution in [0.5, 0.6) is 0 Å². The van der Waals surface area contributed by atoms with E-state index in [1.807, 2.05) is 0 Å². The number of aliphatic hydroxyl groups is 1.